The van der Waals surface area contributed by atoms with E-state index < -0.39 is 0 Å². The van der Waals surface area contributed by atoms with Gasteiger partial charge in [-0.1, -0.05) is 35.4 Å². The first-order valence-electron chi connectivity index (χ1n) is 11.0. The average Bonchev–Trinajstić information content (AvgIpc) is 2.84. The Hall–Kier alpha value is -3.72. The fraction of sp³-hybridized carbons (Fsp3) is 0.172. The van der Waals surface area contributed by atoms with Crippen LogP contribution in [0.25, 0.3) is 0 Å². The first-order chi connectivity index (χ1) is 15.4. The van der Waals surface area contributed by atoms with Gasteiger partial charge in [0.25, 0.3) is 0 Å². The van der Waals surface area contributed by atoms with E-state index in [2.05, 4.69) is 147 Å². The zero-order chi connectivity index (χ0) is 22.7. The zero-order valence-corrected chi connectivity index (χ0v) is 19.6. The maximum absolute atomic E-state index is 2.21. The fourth-order valence-electron chi connectivity index (χ4n) is 3.78. The molecule has 0 saturated carbocycles. The number of anilines is 6. The minimum absolute atomic E-state index is 1.16. The number of aryl methyl sites for hydroxylation is 2. The Morgan fingerprint density at radius 3 is 0.656 bits per heavy atom. The van der Waals surface area contributed by atoms with Crippen LogP contribution in [0.4, 0.5) is 34.1 Å². The molecule has 32 heavy (non-hydrogen) atoms. The highest BCUT2D eigenvalue weighted by Crippen LogP contribution is 2.31. The van der Waals surface area contributed by atoms with Gasteiger partial charge >= 0.3 is 0 Å². The predicted molar refractivity (Wildman–Crippen MR) is 139 cm³/mol. The van der Waals surface area contributed by atoms with Gasteiger partial charge in [0, 0.05) is 55.3 Å². The lowest BCUT2D eigenvalue weighted by Gasteiger charge is -2.24. The third-order valence-corrected chi connectivity index (χ3v) is 6.09. The van der Waals surface area contributed by atoms with Gasteiger partial charge < -0.3 is 14.7 Å². The molecule has 0 radical (unpaired) electrons. The normalized spacial score (nSPS) is 10.7. The molecule has 0 saturated heterocycles. The van der Waals surface area contributed by atoms with Crippen molar-refractivity contribution in [3.63, 3.8) is 0 Å². The smallest absolute Gasteiger partial charge is 0.0409 e. The van der Waals surface area contributed by atoms with Crippen LogP contribution >= 0.6 is 0 Å². The Labute approximate surface area is 192 Å². The molecule has 0 atom stereocenters. The maximum atomic E-state index is 2.21. The molecule has 0 fully saturated rings. The van der Waals surface area contributed by atoms with Gasteiger partial charge in [0.05, 0.1) is 0 Å². The first kappa shape index (κ1) is 21.5. The molecule has 0 N–H and O–H groups in total. The van der Waals surface area contributed by atoms with E-state index in [9.17, 15) is 0 Å². The van der Waals surface area contributed by atoms with E-state index in [0.29, 0.717) is 0 Å². The summed E-state index contributed by atoms with van der Waals surface area (Å²) in [7, 11) is 6.32. The highest BCUT2D eigenvalue weighted by Gasteiger charge is 2.09. The van der Waals surface area contributed by atoms with Crippen molar-refractivity contribution in [3.05, 3.63) is 108 Å². The summed E-state index contributed by atoms with van der Waals surface area (Å²) in [6, 6.07) is 34.6. The van der Waals surface area contributed by atoms with Crippen LogP contribution in [0, 0.1) is 13.8 Å². The summed E-state index contributed by atoms with van der Waals surface area (Å²) in [5, 5.41) is 0. The molecule has 0 aromatic heterocycles. The van der Waals surface area contributed by atoms with Crippen molar-refractivity contribution in [3.8, 4) is 0 Å². The van der Waals surface area contributed by atoms with E-state index in [1.54, 1.807) is 0 Å². The number of benzene rings is 4. The van der Waals surface area contributed by atoms with Gasteiger partial charge in [-0.2, -0.15) is 0 Å². The maximum Gasteiger partial charge on any atom is 0.0409 e. The minimum atomic E-state index is 1.16. The largest absolute Gasteiger partial charge is 0.345 e. The van der Waals surface area contributed by atoms with Crippen LogP contribution in [0.1, 0.15) is 11.1 Å². The van der Waals surface area contributed by atoms with Crippen molar-refractivity contribution in [2.45, 2.75) is 13.8 Å². The molecule has 0 heterocycles. The van der Waals surface area contributed by atoms with Crippen LogP contribution in [0.15, 0.2) is 97.1 Å². The van der Waals surface area contributed by atoms with E-state index in [4.69, 9.17) is 0 Å². The third-order valence-electron chi connectivity index (χ3n) is 6.09. The summed E-state index contributed by atoms with van der Waals surface area (Å²) in [4.78, 5) is 6.63. The number of rotatable bonds is 6. The molecule has 4 aromatic carbocycles. The van der Waals surface area contributed by atoms with Crippen LogP contribution < -0.4 is 14.7 Å². The van der Waals surface area contributed by atoms with Gasteiger partial charge in [0.1, 0.15) is 0 Å². The van der Waals surface area contributed by atoms with Gasteiger partial charge in [-0.05, 0) is 86.6 Å². The van der Waals surface area contributed by atoms with Crippen LogP contribution in [-0.2, 0) is 0 Å². The van der Waals surface area contributed by atoms with Crippen LogP contribution in [0.5, 0.6) is 0 Å². The monoisotopic (exact) mass is 421 g/mol. The Balaban J connectivity index is 1.47. The lowest BCUT2D eigenvalue weighted by Crippen LogP contribution is -2.12. The van der Waals surface area contributed by atoms with E-state index in [1.807, 2.05) is 0 Å². The van der Waals surface area contributed by atoms with Crippen molar-refractivity contribution < 1.29 is 0 Å². The molecule has 0 unspecified atom stereocenters. The Kier molecular flexibility index (Phi) is 6.18. The minimum Gasteiger partial charge on any atom is -0.345 e. The van der Waals surface area contributed by atoms with E-state index in [-0.39, 0.29) is 0 Å². The van der Waals surface area contributed by atoms with Crippen molar-refractivity contribution in [1.82, 2.24) is 0 Å². The van der Waals surface area contributed by atoms with E-state index >= 15 is 0 Å². The third kappa shape index (κ3) is 4.62. The second-order valence-electron chi connectivity index (χ2n) is 8.38. The van der Waals surface area contributed by atoms with Gasteiger partial charge in [-0.3, -0.25) is 0 Å². The fourth-order valence-corrected chi connectivity index (χ4v) is 3.78. The number of hydrogen-bond donors (Lipinski definition) is 0. The predicted octanol–water partition coefficient (Wildman–Crippen LogP) is 7.61. The molecule has 3 nitrogen and oxygen atoms in total. The first-order valence-corrected chi connectivity index (χ1v) is 11.0. The lowest BCUT2D eigenvalue weighted by atomic mass is 10.1. The van der Waals surface area contributed by atoms with Crippen molar-refractivity contribution in [1.29, 1.82) is 0 Å². The molecular weight excluding hydrogens is 390 g/mol. The molecule has 0 aliphatic rings. The summed E-state index contributed by atoms with van der Waals surface area (Å²) in [6.45, 7) is 4.23. The topological polar surface area (TPSA) is 9.72 Å². The summed E-state index contributed by atoms with van der Waals surface area (Å²) >= 11 is 0. The molecule has 0 aliphatic heterocycles. The van der Waals surface area contributed by atoms with Crippen molar-refractivity contribution in [2.75, 3.05) is 35.8 Å². The molecule has 0 amide bonds. The van der Waals surface area contributed by atoms with E-state index in [0.717, 1.165) is 11.4 Å². The van der Waals surface area contributed by atoms with Gasteiger partial charge in [0.15, 0.2) is 0 Å². The summed E-state index contributed by atoms with van der Waals surface area (Å²) in [6.07, 6.45) is 0. The Morgan fingerprint density at radius 1 is 0.312 bits per heavy atom. The lowest BCUT2D eigenvalue weighted by molar-refractivity contribution is 1.17. The second kappa shape index (κ2) is 9.19. The molecule has 162 valence electrons. The highest BCUT2D eigenvalue weighted by molar-refractivity contribution is 5.71. The van der Waals surface area contributed by atoms with Gasteiger partial charge in [0.2, 0.25) is 0 Å². The summed E-state index contributed by atoms with van der Waals surface area (Å²) in [5.41, 5.74) is 9.57. The zero-order valence-electron chi connectivity index (χ0n) is 19.6. The van der Waals surface area contributed by atoms with Crippen molar-refractivity contribution >= 4 is 34.1 Å². The second-order valence-corrected chi connectivity index (χ2v) is 8.38. The number of nitrogens with zero attached hydrogens (tertiary/aromatic N) is 3. The average molecular weight is 422 g/mol. The van der Waals surface area contributed by atoms with Crippen LogP contribution in [-0.4, -0.2) is 21.1 Å². The highest BCUT2D eigenvalue weighted by atomic mass is 15.1. The standard InChI is InChI=1S/C29H31N3/c1-22-6-10-24(11-7-22)30(3)26-14-18-28(19-15-26)32(5)29-20-16-27(17-21-29)31(4)25-12-8-23(2)9-13-25/h6-21H,1-5H3. The quantitative estimate of drug-likeness (QED) is 0.317. The number of hydrogen-bond acceptors (Lipinski definition) is 3. The SMILES string of the molecule is Cc1ccc(N(C)c2ccc(N(C)c3ccc(N(C)c4ccc(C)cc4)cc3)cc2)cc1. The molecule has 4 rings (SSSR count). The van der Waals surface area contributed by atoms with Crippen LogP contribution in [0.2, 0.25) is 0 Å². The summed E-state index contributed by atoms with van der Waals surface area (Å²) in [5.74, 6) is 0. The Bertz CT molecular complexity index is 1050. The van der Waals surface area contributed by atoms with Crippen LogP contribution in [0.3, 0.4) is 0 Å². The van der Waals surface area contributed by atoms with Gasteiger partial charge in [-0.25, -0.2) is 0 Å². The molecule has 4 aromatic rings. The molecule has 0 aliphatic carbocycles. The van der Waals surface area contributed by atoms with Gasteiger partial charge in [-0.15, -0.1) is 0 Å². The Morgan fingerprint density at radius 2 is 0.469 bits per heavy atom. The summed E-state index contributed by atoms with van der Waals surface area (Å²) < 4.78 is 0. The van der Waals surface area contributed by atoms with E-state index in [1.165, 1.54) is 33.9 Å². The molecular formula is C29H31N3. The molecule has 3 heteroatoms. The van der Waals surface area contributed by atoms with Crippen molar-refractivity contribution in [2.24, 2.45) is 0 Å². The molecule has 0 spiro atoms. The molecule has 0 bridgehead atoms.